The molecule has 71 heavy (non-hydrogen) atoms. The standard InChI is InChI=1S/C58H74N4O3Si6/c1-66(2,51-37-33-49(34-38-51)57-59-53(45-25-17-13-18-26-45)54(60-57)46-27-19-14-20-28-46)41-43-68(5,6)63-70(9,10)65-71(11,12)64-69(7,8)44-42-67(3,4)52-39-35-50(36-40-52)58-61-55(47-29-21-15-22-30-47)56(62-58)48-31-23-16-24-32-48/h13-40H,41-44H2,1-12H3,(H,59,60)(H,61,62). The number of nitrogens with zero attached hydrogens (tertiary/aromatic N) is 2. The molecule has 368 valence electrons. The van der Waals surface area contributed by atoms with Crippen molar-refractivity contribution in [3.63, 3.8) is 0 Å². The van der Waals surface area contributed by atoms with E-state index >= 15 is 0 Å². The lowest BCUT2D eigenvalue weighted by molar-refractivity contribution is 0.328. The first-order chi connectivity index (χ1) is 33.6. The first-order valence-electron chi connectivity index (χ1n) is 25.3. The molecule has 0 fully saturated rings. The quantitative estimate of drug-likeness (QED) is 0.0743. The van der Waals surface area contributed by atoms with Crippen LogP contribution in [0, 0.1) is 0 Å². The van der Waals surface area contributed by atoms with E-state index in [0.29, 0.717) is 0 Å². The van der Waals surface area contributed by atoms with Crippen LogP contribution in [0.3, 0.4) is 0 Å². The van der Waals surface area contributed by atoms with Crippen LogP contribution in [0.25, 0.3) is 67.8 Å². The molecule has 0 atom stereocenters. The van der Waals surface area contributed by atoms with Crippen LogP contribution in [0.1, 0.15) is 0 Å². The number of nitrogens with one attached hydrogen (secondary N) is 2. The van der Waals surface area contributed by atoms with Crippen molar-refractivity contribution in [1.29, 1.82) is 0 Å². The Labute approximate surface area is 430 Å². The third-order valence-electron chi connectivity index (χ3n) is 13.7. The SMILES string of the molecule is C[Si](C)(CC[Si](C)(C)c1ccc(-c2nc(-c3ccccc3)c(-c3ccccc3)[nH]2)cc1)O[Si](C)(C)O[Si](C)(C)O[Si](C)(C)CC[Si](C)(C)c1ccc(-c2nc(-c3ccccc3)c(-c3ccccc3)[nH]2)cc1. The number of H-pyrrole nitrogens is 2. The highest BCUT2D eigenvalue weighted by atomic mass is 28.5. The largest absolute Gasteiger partial charge is 0.436 e. The van der Waals surface area contributed by atoms with Crippen LogP contribution in [0.5, 0.6) is 0 Å². The molecule has 0 aliphatic heterocycles. The van der Waals surface area contributed by atoms with E-state index in [1.807, 2.05) is 12.1 Å². The molecule has 8 aromatic rings. The van der Waals surface area contributed by atoms with Gasteiger partial charge in [0.15, 0.2) is 16.6 Å². The lowest BCUT2D eigenvalue weighted by Gasteiger charge is -2.42. The molecule has 2 heterocycles. The Kier molecular flexibility index (Phi) is 15.6. The predicted molar refractivity (Wildman–Crippen MR) is 316 cm³/mol. The third-order valence-corrected chi connectivity index (χ3v) is 36.7. The lowest BCUT2D eigenvalue weighted by Crippen LogP contribution is -2.57. The van der Waals surface area contributed by atoms with Gasteiger partial charge in [-0.2, -0.15) is 0 Å². The predicted octanol–water partition coefficient (Wildman–Crippen LogP) is 15.5. The van der Waals surface area contributed by atoms with Gasteiger partial charge >= 0.3 is 17.1 Å². The van der Waals surface area contributed by atoms with Gasteiger partial charge in [-0.3, -0.25) is 0 Å². The second-order valence-corrected chi connectivity index (χ2v) is 48.4. The topological polar surface area (TPSA) is 85.1 Å². The summed E-state index contributed by atoms with van der Waals surface area (Å²) < 4.78 is 21.4. The summed E-state index contributed by atoms with van der Waals surface area (Å²) in [7, 11) is -12.7. The van der Waals surface area contributed by atoms with Crippen LogP contribution in [0.4, 0.5) is 0 Å². The fraction of sp³-hybridized carbons (Fsp3) is 0.276. The molecule has 0 bridgehead atoms. The van der Waals surface area contributed by atoms with Gasteiger partial charge in [0.2, 0.25) is 0 Å². The Morgan fingerprint density at radius 1 is 0.324 bits per heavy atom. The summed E-state index contributed by atoms with van der Waals surface area (Å²) in [5.74, 6) is 1.78. The Bertz CT molecular complexity index is 2680. The molecule has 0 saturated carbocycles. The molecule has 0 spiro atoms. The van der Waals surface area contributed by atoms with Gasteiger partial charge in [0.05, 0.1) is 38.9 Å². The average Bonchev–Trinajstić information content (AvgIpc) is 4.00. The minimum absolute atomic E-state index is 0.888. The Balaban J connectivity index is 0.853. The lowest BCUT2D eigenvalue weighted by atomic mass is 10.1. The number of benzene rings is 6. The highest BCUT2D eigenvalue weighted by Gasteiger charge is 2.44. The van der Waals surface area contributed by atoms with Gasteiger partial charge in [0, 0.05) is 33.4 Å². The van der Waals surface area contributed by atoms with Gasteiger partial charge in [0.25, 0.3) is 0 Å². The van der Waals surface area contributed by atoms with E-state index in [4.69, 9.17) is 22.3 Å². The Morgan fingerprint density at radius 3 is 0.930 bits per heavy atom. The molecule has 0 radical (unpaired) electrons. The zero-order valence-corrected chi connectivity index (χ0v) is 50.1. The Morgan fingerprint density at radius 2 is 0.620 bits per heavy atom. The van der Waals surface area contributed by atoms with E-state index in [1.54, 1.807) is 0 Å². The van der Waals surface area contributed by atoms with Crippen LogP contribution in [0.2, 0.25) is 103 Å². The van der Waals surface area contributed by atoms with Crippen LogP contribution < -0.4 is 10.4 Å². The smallest absolute Gasteiger partial charge is 0.312 e. The molecule has 0 aliphatic carbocycles. The molecule has 13 heteroatoms. The normalized spacial score (nSPS) is 12.9. The van der Waals surface area contributed by atoms with E-state index < -0.39 is 49.9 Å². The fourth-order valence-electron chi connectivity index (χ4n) is 10.00. The van der Waals surface area contributed by atoms with Crippen molar-refractivity contribution in [3.8, 4) is 67.8 Å². The van der Waals surface area contributed by atoms with E-state index in [1.165, 1.54) is 22.5 Å². The number of hydrogen-bond donors (Lipinski definition) is 2. The zero-order chi connectivity index (χ0) is 50.7. The Hall–Kier alpha value is -5.08. The van der Waals surface area contributed by atoms with Crippen LogP contribution in [0.15, 0.2) is 170 Å². The minimum atomic E-state index is -2.51. The molecule has 2 N–H and O–H groups in total. The van der Waals surface area contributed by atoms with Gasteiger partial charge in [-0.1, -0.05) is 219 Å². The maximum atomic E-state index is 7.17. The fourth-order valence-corrected chi connectivity index (χ4v) is 39.8. The molecule has 2 aromatic heterocycles. The molecule has 0 saturated heterocycles. The molecule has 0 unspecified atom stereocenters. The van der Waals surface area contributed by atoms with Crippen molar-refractivity contribution < 1.29 is 12.3 Å². The van der Waals surface area contributed by atoms with E-state index in [0.717, 1.165) is 79.9 Å². The first kappa shape index (κ1) is 52.3. The maximum Gasteiger partial charge on any atom is 0.312 e. The number of hydrogen-bond acceptors (Lipinski definition) is 5. The summed E-state index contributed by atoms with van der Waals surface area (Å²) in [5, 5.41) is 2.91. The molecule has 0 amide bonds. The summed E-state index contributed by atoms with van der Waals surface area (Å²) in [6, 6.07) is 64.8. The van der Waals surface area contributed by atoms with Crippen molar-refractivity contribution >= 4 is 60.3 Å². The summed E-state index contributed by atoms with van der Waals surface area (Å²) in [6.07, 6.45) is 0. The van der Waals surface area contributed by atoms with Crippen LogP contribution >= 0.6 is 0 Å². The minimum Gasteiger partial charge on any atom is -0.436 e. The van der Waals surface area contributed by atoms with Gasteiger partial charge in [0.1, 0.15) is 11.6 Å². The van der Waals surface area contributed by atoms with E-state index in [9.17, 15) is 0 Å². The number of rotatable bonds is 20. The molecule has 7 nitrogen and oxygen atoms in total. The summed E-state index contributed by atoms with van der Waals surface area (Å²) in [6.45, 7) is 28.5. The highest BCUT2D eigenvalue weighted by molar-refractivity contribution is 6.93. The molecular weight excluding hydrogens is 969 g/mol. The van der Waals surface area contributed by atoms with E-state index in [2.05, 4.69) is 246 Å². The second kappa shape index (κ2) is 21.2. The van der Waals surface area contributed by atoms with Crippen molar-refractivity contribution in [2.45, 2.75) is 103 Å². The first-order valence-corrected chi connectivity index (χ1v) is 43.6. The number of aromatic amines is 2. The number of imidazole rings is 2. The van der Waals surface area contributed by atoms with Gasteiger partial charge < -0.3 is 22.3 Å². The molecule has 8 rings (SSSR count). The second-order valence-electron chi connectivity index (χ2n) is 22.6. The molecular formula is C58H74N4O3Si6. The average molecular weight is 1040 g/mol. The summed E-state index contributed by atoms with van der Waals surface area (Å²) >= 11 is 0. The van der Waals surface area contributed by atoms with Gasteiger partial charge in [-0.15, -0.1) is 0 Å². The number of aromatic nitrogens is 4. The zero-order valence-electron chi connectivity index (χ0n) is 44.1. The van der Waals surface area contributed by atoms with Gasteiger partial charge in [-0.25, -0.2) is 9.97 Å². The third kappa shape index (κ3) is 13.3. The van der Waals surface area contributed by atoms with E-state index in [-0.39, 0.29) is 0 Å². The van der Waals surface area contributed by atoms with Crippen molar-refractivity contribution in [3.05, 3.63) is 170 Å². The monoisotopic (exact) mass is 1040 g/mol. The van der Waals surface area contributed by atoms with Crippen molar-refractivity contribution in [2.75, 3.05) is 0 Å². The maximum absolute atomic E-state index is 7.17. The molecule has 0 aliphatic rings. The van der Waals surface area contributed by atoms with Crippen molar-refractivity contribution in [2.24, 2.45) is 0 Å². The van der Waals surface area contributed by atoms with Crippen LogP contribution in [-0.4, -0.2) is 69.8 Å². The summed E-state index contributed by atoms with van der Waals surface area (Å²) in [4.78, 5) is 17.7. The highest BCUT2D eigenvalue weighted by Crippen LogP contribution is 2.36. The van der Waals surface area contributed by atoms with Gasteiger partial charge in [-0.05, 0) is 64.5 Å². The van der Waals surface area contributed by atoms with Crippen molar-refractivity contribution in [1.82, 2.24) is 19.9 Å². The summed E-state index contributed by atoms with van der Waals surface area (Å²) in [5.41, 5.74) is 10.7. The molecule has 6 aromatic carbocycles. The van der Waals surface area contributed by atoms with Crippen LogP contribution in [-0.2, 0) is 12.3 Å².